The highest BCUT2D eigenvalue weighted by molar-refractivity contribution is 5.01. The summed E-state index contributed by atoms with van der Waals surface area (Å²) < 4.78 is 0. The molecule has 14 heavy (non-hydrogen) atoms. The van der Waals surface area contributed by atoms with Gasteiger partial charge in [0.2, 0.25) is 0 Å². The molecule has 0 saturated heterocycles. The summed E-state index contributed by atoms with van der Waals surface area (Å²) in [5.74, 6) is 1.45. The molecular weight excluding hydrogens is 172 g/mol. The van der Waals surface area contributed by atoms with E-state index in [-0.39, 0.29) is 5.60 Å². The highest BCUT2D eigenvalue weighted by atomic mass is 16.3. The summed E-state index contributed by atoms with van der Waals surface area (Å²) in [5, 5.41) is 10.5. The minimum atomic E-state index is -0.314. The van der Waals surface area contributed by atoms with E-state index in [0.29, 0.717) is 5.41 Å². The molecule has 2 fully saturated rings. The van der Waals surface area contributed by atoms with E-state index in [1.54, 1.807) is 0 Å². The van der Waals surface area contributed by atoms with E-state index >= 15 is 0 Å². The van der Waals surface area contributed by atoms with Gasteiger partial charge in [0, 0.05) is 0 Å². The molecule has 0 spiro atoms. The number of hydrogen-bond acceptors (Lipinski definition) is 1. The zero-order valence-electron chi connectivity index (χ0n) is 9.84. The van der Waals surface area contributed by atoms with E-state index in [0.717, 1.165) is 31.1 Å². The lowest BCUT2D eigenvalue weighted by atomic mass is 9.54. The number of aliphatic hydroxyl groups is 1. The molecule has 0 heterocycles. The van der Waals surface area contributed by atoms with Crippen molar-refractivity contribution >= 4 is 0 Å². The van der Waals surface area contributed by atoms with Crippen molar-refractivity contribution in [2.45, 2.75) is 64.9 Å². The summed E-state index contributed by atoms with van der Waals surface area (Å²) >= 11 is 0. The van der Waals surface area contributed by atoms with Gasteiger partial charge >= 0.3 is 0 Å². The predicted octanol–water partition coefficient (Wildman–Crippen LogP) is 3.36. The molecule has 1 heteroatoms. The molecule has 0 aromatic rings. The number of fused-ring (bicyclic) bond motifs is 2. The fraction of sp³-hybridized carbons (Fsp3) is 1.00. The van der Waals surface area contributed by atoms with Crippen LogP contribution in [0.3, 0.4) is 0 Å². The SMILES string of the molecule is CCC12CC(C)CC(O)(CC(C)C1)C2. The molecule has 1 nitrogen and oxygen atoms in total. The molecule has 2 aliphatic carbocycles. The minimum Gasteiger partial charge on any atom is -0.390 e. The number of rotatable bonds is 1. The average molecular weight is 196 g/mol. The van der Waals surface area contributed by atoms with Crippen LogP contribution in [0.25, 0.3) is 0 Å². The van der Waals surface area contributed by atoms with E-state index in [1.165, 1.54) is 19.3 Å². The van der Waals surface area contributed by atoms with Crippen molar-refractivity contribution in [1.82, 2.24) is 0 Å². The van der Waals surface area contributed by atoms with Gasteiger partial charge in [-0.25, -0.2) is 0 Å². The molecule has 0 amide bonds. The van der Waals surface area contributed by atoms with Crippen LogP contribution >= 0.6 is 0 Å². The summed E-state index contributed by atoms with van der Waals surface area (Å²) in [5.41, 5.74) is 0.162. The van der Waals surface area contributed by atoms with Crippen LogP contribution in [-0.4, -0.2) is 10.7 Å². The van der Waals surface area contributed by atoms with Crippen LogP contribution in [0, 0.1) is 17.3 Å². The zero-order valence-corrected chi connectivity index (χ0v) is 9.84. The summed E-state index contributed by atoms with van der Waals surface area (Å²) in [4.78, 5) is 0. The lowest BCUT2D eigenvalue weighted by Gasteiger charge is -2.54. The number of hydrogen-bond donors (Lipinski definition) is 1. The highest BCUT2D eigenvalue weighted by Crippen LogP contribution is 2.56. The Labute approximate surface area is 87.9 Å². The van der Waals surface area contributed by atoms with E-state index in [1.807, 2.05) is 0 Å². The second-order valence-electron chi connectivity index (χ2n) is 6.28. The lowest BCUT2D eigenvalue weighted by Crippen LogP contribution is -2.49. The van der Waals surface area contributed by atoms with Crippen molar-refractivity contribution in [2.75, 3.05) is 0 Å². The first kappa shape index (κ1) is 10.5. The van der Waals surface area contributed by atoms with Crippen molar-refractivity contribution in [3.63, 3.8) is 0 Å². The highest BCUT2D eigenvalue weighted by Gasteiger charge is 2.50. The Kier molecular flexibility index (Phi) is 2.42. The Hall–Kier alpha value is -0.0400. The van der Waals surface area contributed by atoms with Crippen molar-refractivity contribution in [2.24, 2.45) is 17.3 Å². The quantitative estimate of drug-likeness (QED) is 0.682. The van der Waals surface area contributed by atoms with Gasteiger partial charge in [0.1, 0.15) is 0 Å². The summed E-state index contributed by atoms with van der Waals surface area (Å²) in [7, 11) is 0. The summed E-state index contributed by atoms with van der Waals surface area (Å²) in [6.07, 6.45) is 7.10. The van der Waals surface area contributed by atoms with Gasteiger partial charge in [-0.1, -0.05) is 27.2 Å². The standard InChI is InChI=1S/C13H24O/c1-4-12-5-10(2)7-13(14,9-12)8-11(3)6-12/h10-11,14H,4-9H2,1-3H3. The first-order valence-corrected chi connectivity index (χ1v) is 6.19. The van der Waals surface area contributed by atoms with E-state index in [9.17, 15) is 5.11 Å². The van der Waals surface area contributed by atoms with E-state index in [2.05, 4.69) is 20.8 Å². The normalized spacial score (nSPS) is 53.1. The van der Waals surface area contributed by atoms with Gasteiger partial charge in [0.15, 0.2) is 0 Å². The average Bonchev–Trinajstić information content (AvgIpc) is 1.99. The fourth-order valence-electron chi connectivity index (χ4n) is 4.49. The Bertz CT molecular complexity index is 207. The van der Waals surface area contributed by atoms with Crippen LogP contribution in [0.4, 0.5) is 0 Å². The monoisotopic (exact) mass is 196 g/mol. The molecule has 2 saturated carbocycles. The lowest BCUT2D eigenvalue weighted by molar-refractivity contribution is -0.121. The summed E-state index contributed by atoms with van der Waals surface area (Å²) in [6.45, 7) is 6.92. The summed E-state index contributed by atoms with van der Waals surface area (Å²) in [6, 6.07) is 0. The van der Waals surface area contributed by atoms with Gasteiger partial charge in [-0.15, -0.1) is 0 Å². The van der Waals surface area contributed by atoms with Crippen LogP contribution in [0.5, 0.6) is 0 Å². The Morgan fingerprint density at radius 3 is 2.00 bits per heavy atom. The predicted molar refractivity (Wildman–Crippen MR) is 59.1 cm³/mol. The maximum atomic E-state index is 10.5. The molecule has 0 aromatic carbocycles. The molecular formula is C13H24O. The molecule has 1 N–H and O–H groups in total. The van der Waals surface area contributed by atoms with Gasteiger partial charge < -0.3 is 5.11 Å². The smallest absolute Gasteiger partial charge is 0.0658 e. The third-order valence-corrected chi connectivity index (χ3v) is 4.47. The minimum absolute atomic E-state index is 0.314. The molecule has 82 valence electrons. The topological polar surface area (TPSA) is 20.2 Å². The molecule has 0 aliphatic heterocycles. The van der Waals surface area contributed by atoms with Crippen molar-refractivity contribution < 1.29 is 5.11 Å². The first-order valence-electron chi connectivity index (χ1n) is 6.19. The van der Waals surface area contributed by atoms with Crippen LogP contribution in [0.1, 0.15) is 59.3 Å². The van der Waals surface area contributed by atoms with Crippen LogP contribution < -0.4 is 0 Å². The van der Waals surface area contributed by atoms with Gasteiger partial charge in [-0.2, -0.15) is 0 Å². The second kappa shape index (κ2) is 3.23. The van der Waals surface area contributed by atoms with Crippen LogP contribution in [0.2, 0.25) is 0 Å². The molecule has 0 aromatic heterocycles. The Balaban J connectivity index is 2.24. The second-order valence-corrected chi connectivity index (χ2v) is 6.28. The van der Waals surface area contributed by atoms with Crippen LogP contribution in [-0.2, 0) is 0 Å². The largest absolute Gasteiger partial charge is 0.390 e. The maximum Gasteiger partial charge on any atom is 0.0658 e. The van der Waals surface area contributed by atoms with Gasteiger partial charge in [0.05, 0.1) is 5.60 Å². The maximum absolute atomic E-state index is 10.5. The zero-order chi connectivity index (χ0) is 10.4. The molecule has 2 unspecified atom stereocenters. The van der Waals surface area contributed by atoms with Gasteiger partial charge in [0.25, 0.3) is 0 Å². The first-order chi connectivity index (χ1) is 6.47. The Morgan fingerprint density at radius 1 is 1.07 bits per heavy atom. The van der Waals surface area contributed by atoms with E-state index in [4.69, 9.17) is 0 Å². The van der Waals surface area contributed by atoms with Gasteiger partial charge in [-0.05, 0) is 49.4 Å². The molecule has 2 bridgehead atoms. The molecule has 2 rings (SSSR count). The van der Waals surface area contributed by atoms with E-state index < -0.39 is 0 Å². The molecule has 2 aliphatic rings. The van der Waals surface area contributed by atoms with Crippen molar-refractivity contribution in [3.05, 3.63) is 0 Å². The third kappa shape index (κ3) is 1.71. The molecule has 2 atom stereocenters. The van der Waals surface area contributed by atoms with Gasteiger partial charge in [-0.3, -0.25) is 0 Å². The van der Waals surface area contributed by atoms with Crippen LogP contribution in [0.15, 0.2) is 0 Å². The van der Waals surface area contributed by atoms with Crippen molar-refractivity contribution in [1.29, 1.82) is 0 Å². The Morgan fingerprint density at radius 2 is 1.57 bits per heavy atom. The fourth-order valence-corrected chi connectivity index (χ4v) is 4.49. The molecule has 0 radical (unpaired) electrons. The third-order valence-electron chi connectivity index (χ3n) is 4.47. The van der Waals surface area contributed by atoms with Crippen molar-refractivity contribution in [3.8, 4) is 0 Å².